The fourth-order valence-corrected chi connectivity index (χ4v) is 10.5. The van der Waals surface area contributed by atoms with Gasteiger partial charge in [-0.2, -0.15) is 0 Å². The Morgan fingerprint density at radius 3 is 2.30 bits per heavy atom. The highest BCUT2D eigenvalue weighted by atomic mass is 16.6. The van der Waals surface area contributed by atoms with Gasteiger partial charge in [-0.15, -0.1) is 0 Å². The number of allylic oxidation sites excluding steroid dienone is 6. The summed E-state index contributed by atoms with van der Waals surface area (Å²) in [5, 5.41) is 27.4. The molecule has 4 rings (SSSR count). The van der Waals surface area contributed by atoms with Crippen molar-refractivity contribution in [3.8, 4) is 0 Å². The normalized spacial score (nSPS) is 39.8. The highest BCUT2D eigenvalue weighted by Gasteiger charge is 2.53. The van der Waals surface area contributed by atoms with Gasteiger partial charge in [0.25, 0.3) is 11.7 Å². The summed E-state index contributed by atoms with van der Waals surface area (Å²) in [6.45, 7) is 13.5. The molecule has 0 aromatic carbocycles. The Morgan fingerprint density at radius 2 is 1.62 bits per heavy atom. The molecule has 2 N–H and O–H groups in total. The number of ketones is 2. The number of amides is 1. The number of aliphatic hydroxyl groups is 2. The van der Waals surface area contributed by atoms with Crippen molar-refractivity contribution in [1.29, 1.82) is 0 Å². The molecule has 3 fully saturated rings. The zero-order valence-electron chi connectivity index (χ0n) is 41.3. The van der Waals surface area contributed by atoms with E-state index in [-0.39, 0.29) is 54.1 Å². The minimum Gasteiger partial charge on any atom is -0.461 e. The number of ether oxygens (including phenoxy) is 5. The van der Waals surface area contributed by atoms with Crippen LogP contribution in [0.15, 0.2) is 52.7 Å². The van der Waals surface area contributed by atoms with Gasteiger partial charge in [0.1, 0.15) is 24.4 Å². The number of Topliss-reactive ketones (excluding diaryl/α,β-unsaturated/α-hetero) is 2. The van der Waals surface area contributed by atoms with Gasteiger partial charge in [-0.3, -0.25) is 14.4 Å². The van der Waals surface area contributed by atoms with Crippen molar-refractivity contribution >= 4 is 23.4 Å². The third-order valence-corrected chi connectivity index (χ3v) is 14.7. The summed E-state index contributed by atoms with van der Waals surface area (Å²) in [6.07, 6.45) is 15.0. The number of fused-ring (bicyclic) bond motifs is 3. The van der Waals surface area contributed by atoms with Crippen LogP contribution >= 0.6 is 0 Å². The van der Waals surface area contributed by atoms with Crippen LogP contribution in [-0.4, -0.2) is 121 Å². The number of hydrogen-bond donors (Lipinski definition) is 2. The summed E-state index contributed by atoms with van der Waals surface area (Å²) in [5.41, 5.74) is 10.6. The predicted molar refractivity (Wildman–Crippen MR) is 252 cm³/mol. The smallest absolute Gasteiger partial charge is 0.329 e. The van der Waals surface area contributed by atoms with E-state index >= 15 is 0 Å². The first-order valence-corrected chi connectivity index (χ1v) is 24.4. The van der Waals surface area contributed by atoms with Gasteiger partial charge in [0.15, 0.2) is 5.78 Å². The van der Waals surface area contributed by atoms with Crippen LogP contribution in [0.5, 0.6) is 0 Å². The van der Waals surface area contributed by atoms with Crippen molar-refractivity contribution in [3.63, 3.8) is 0 Å². The maximum Gasteiger partial charge on any atom is 0.329 e. The summed E-state index contributed by atoms with van der Waals surface area (Å²) in [4.78, 5) is 60.9. The number of piperidine rings is 1. The summed E-state index contributed by atoms with van der Waals surface area (Å²) < 4.78 is 29.8. The van der Waals surface area contributed by atoms with E-state index < -0.39 is 65.9 Å². The molecule has 1 aliphatic carbocycles. The van der Waals surface area contributed by atoms with Crippen LogP contribution in [0.25, 0.3) is 10.4 Å². The van der Waals surface area contributed by atoms with E-state index in [2.05, 4.69) is 16.9 Å². The number of hydrogen-bond acceptors (Lipinski definition) is 12. The standard InChI is InChI=1S/C51H80N4O11/c1-31-16-12-11-13-17-33(3)43(62-8)30-39-22-20-37(7)51(61,66-39)48(58)49(59)55-25-15-14-18-41(55)50(60)65-42(34(4)28-38-21-23-40(53-54-52)44(29-38)63-9)24-19-32(2)27-36(6)46(57)47(64-10)45(56)35(5)26-31/h11-13,16-17,27,31-32,34-35,37-44,46-47,57,61H,14-15,18-26,28-30H2,1-10H3/b13-11+,16-12+,33-17+,36-27+/t31-,32+,34-,35-,37-,38+,39+,40+,41+,42+,43+,44-,46-,47+,51-/m1/s1. The molecule has 0 aromatic rings. The number of carbonyl (C=O) groups is 4. The van der Waals surface area contributed by atoms with E-state index in [1.807, 2.05) is 64.2 Å². The number of methoxy groups -OCH3 is 3. The molecule has 1 amide bonds. The Kier molecular flexibility index (Phi) is 21.8. The zero-order chi connectivity index (χ0) is 48.7. The van der Waals surface area contributed by atoms with E-state index in [1.54, 1.807) is 28.1 Å². The minimum absolute atomic E-state index is 0.0614. The first kappa shape index (κ1) is 54.9. The Morgan fingerprint density at radius 1 is 0.879 bits per heavy atom. The summed E-state index contributed by atoms with van der Waals surface area (Å²) >= 11 is 0. The largest absolute Gasteiger partial charge is 0.461 e. The van der Waals surface area contributed by atoms with E-state index in [1.165, 1.54) is 12.0 Å². The van der Waals surface area contributed by atoms with Gasteiger partial charge in [-0.1, -0.05) is 76.2 Å². The number of esters is 1. The maximum atomic E-state index is 14.4. The Labute approximate surface area is 393 Å². The van der Waals surface area contributed by atoms with Gasteiger partial charge in [0.2, 0.25) is 5.79 Å². The molecule has 66 heavy (non-hydrogen) atoms. The number of azide groups is 1. The Bertz CT molecular complexity index is 1810. The molecular weight excluding hydrogens is 845 g/mol. The van der Waals surface area contributed by atoms with Crippen LogP contribution in [0.3, 0.4) is 0 Å². The number of aliphatic hydroxyl groups excluding tert-OH is 1. The van der Waals surface area contributed by atoms with Gasteiger partial charge in [-0.05, 0) is 131 Å². The van der Waals surface area contributed by atoms with Crippen molar-refractivity contribution in [2.45, 2.75) is 186 Å². The lowest BCUT2D eigenvalue weighted by atomic mass is 9.78. The molecule has 3 heterocycles. The quantitative estimate of drug-likeness (QED) is 0.0620. The van der Waals surface area contributed by atoms with Crippen molar-refractivity contribution in [2.24, 2.45) is 40.6 Å². The molecule has 0 radical (unpaired) electrons. The molecule has 0 spiro atoms. The maximum absolute atomic E-state index is 14.4. The third-order valence-electron chi connectivity index (χ3n) is 14.7. The second kappa shape index (κ2) is 26.2. The predicted octanol–water partition coefficient (Wildman–Crippen LogP) is 8.32. The average molecular weight is 925 g/mol. The lowest BCUT2D eigenvalue weighted by molar-refractivity contribution is -0.265. The number of carbonyl (C=O) groups excluding carboxylic acids is 4. The number of rotatable bonds is 7. The van der Waals surface area contributed by atoms with Crippen LogP contribution in [0.2, 0.25) is 0 Å². The van der Waals surface area contributed by atoms with Crippen molar-refractivity contribution in [1.82, 2.24) is 4.90 Å². The van der Waals surface area contributed by atoms with E-state index in [0.717, 1.165) is 12.0 Å². The molecule has 370 valence electrons. The molecule has 2 saturated heterocycles. The van der Waals surface area contributed by atoms with Crippen LogP contribution in [-0.2, 0) is 42.9 Å². The highest BCUT2D eigenvalue weighted by molar-refractivity contribution is 6.39. The van der Waals surface area contributed by atoms with Crippen molar-refractivity contribution in [2.75, 3.05) is 27.9 Å². The van der Waals surface area contributed by atoms with Crippen molar-refractivity contribution in [3.05, 3.63) is 58.0 Å². The van der Waals surface area contributed by atoms with Crippen molar-refractivity contribution < 1.29 is 53.1 Å². The fraction of sp³-hybridized carbons (Fsp3) is 0.765. The van der Waals surface area contributed by atoms with Crippen LogP contribution in [0.4, 0.5) is 0 Å². The zero-order valence-corrected chi connectivity index (χ0v) is 41.3. The van der Waals surface area contributed by atoms with Gasteiger partial charge in [0, 0.05) is 51.0 Å². The minimum atomic E-state index is -2.39. The molecular formula is C51H80N4O11. The average Bonchev–Trinajstić information content (AvgIpc) is 3.30. The van der Waals surface area contributed by atoms with Crippen LogP contribution in [0.1, 0.15) is 132 Å². The van der Waals surface area contributed by atoms with Gasteiger partial charge in [0.05, 0.1) is 24.4 Å². The lowest BCUT2D eigenvalue weighted by Gasteiger charge is -2.42. The van der Waals surface area contributed by atoms with Gasteiger partial charge < -0.3 is 38.8 Å². The van der Waals surface area contributed by atoms with E-state index in [4.69, 9.17) is 29.2 Å². The first-order valence-electron chi connectivity index (χ1n) is 24.4. The topological polar surface area (TPSA) is 207 Å². The molecule has 0 unspecified atom stereocenters. The molecule has 3 aliphatic heterocycles. The number of cyclic esters (lactones) is 1. The Hall–Kier alpha value is -3.69. The van der Waals surface area contributed by atoms with Gasteiger partial charge in [-0.25, -0.2) is 4.79 Å². The molecule has 15 heteroatoms. The van der Waals surface area contributed by atoms with Gasteiger partial charge >= 0.3 is 5.97 Å². The lowest BCUT2D eigenvalue weighted by Crippen LogP contribution is -2.61. The molecule has 15 atom stereocenters. The van der Waals surface area contributed by atoms with Crippen LogP contribution < -0.4 is 0 Å². The molecule has 1 saturated carbocycles. The fourth-order valence-electron chi connectivity index (χ4n) is 10.5. The van der Waals surface area contributed by atoms with E-state index in [9.17, 15) is 29.4 Å². The molecule has 15 nitrogen and oxygen atoms in total. The van der Waals surface area contributed by atoms with Crippen LogP contribution in [0, 0.1) is 35.5 Å². The molecule has 2 bridgehead atoms. The Balaban J connectivity index is 1.68. The second-order valence-electron chi connectivity index (χ2n) is 19.9. The monoisotopic (exact) mass is 925 g/mol. The summed E-state index contributed by atoms with van der Waals surface area (Å²) in [5.74, 6) is -6.21. The molecule has 4 aliphatic rings. The SMILES string of the molecule is CO[C@H]1C[C@@H]2CC[C@@H](C)[C@@](O)(O2)C(=O)C(=O)N2CCCC[C@H]2C(=O)O[C@H]([C@H](C)C[C@@H]2CC[C@H](N=[N+]=[N-])[C@H](OC)C2)CC[C@H](C)/C=C(\C)[C@@H](O)[C@@H](OC)C(=O)[C@H](C)C[C@H](C)/C=C/C=C/C=C/1C. The second-order valence-corrected chi connectivity index (χ2v) is 19.9. The summed E-state index contributed by atoms with van der Waals surface area (Å²) in [6, 6.07) is -1.29. The third kappa shape index (κ3) is 14.7. The van der Waals surface area contributed by atoms with E-state index in [0.29, 0.717) is 82.6 Å². The highest BCUT2D eigenvalue weighted by Crippen LogP contribution is 2.38. The number of nitrogens with zero attached hydrogens (tertiary/aromatic N) is 4. The summed E-state index contributed by atoms with van der Waals surface area (Å²) in [7, 11) is 4.65. The first-order chi connectivity index (χ1) is 31.4. The molecule has 0 aromatic heterocycles.